The van der Waals surface area contributed by atoms with Crippen LogP contribution in [0.3, 0.4) is 0 Å². The van der Waals surface area contributed by atoms with Crippen LogP contribution in [0.25, 0.3) is 0 Å². The third-order valence-electron chi connectivity index (χ3n) is 3.27. The summed E-state index contributed by atoms with van der Waals surface area (Å²) in [7, 11) is 0. The lowest BCUT2D eigenvalue weighted by Crippen LogP contribution is -2.19. The van der Waals surface area contributed by atoms with Crippen LogP contribution in [0.2, 0.25) is 0 Å². The van der Waals surface area contributed by atoms with Gasteiger partial charge in [-0.15, -0.1) is 10.2 Å². The molecule has 1 aliphatic rings. The number of tetrazole rings is 1. The Bertz CT molecular complexity index is 506. The zero-order valence-electron chi connectivity index (χ0n) is 9.77. The van der Waals surface area contributed by atoms with E-state index in [2.05, 4.69) is 51.1 Å². The van der Waals surface area contributed by atoms with Gasteiger partial charge in [0.15, 0.2) is 5.82 Å². The monoisotopic (exact) mass is 229 g/mol. The van der Waals surface area contributed by atoms with Crippen LogP contribution in [0, 0.1) is 6.92 Å². The van der Waals surface area contributed by atoms with Gasteiger partial charge >= 0.3 is 0 Å². The maximum atomic E-state index is 3.94. The van der Waals surface area contributed by atoms with Crippen LogP contribution in [0.5, 0.6) is 0 Å². The zero-order valence-corrected chi connectivity index (χ0v) is 9.77. The lowest BCUT2D eigenvalue weighted by molar-refractivity contribution is 0.519. The molecule has 1 unspecified atom stereocenters. The van der Waals surface area contributed by atoms with E-state index in [-0.39, 0.29) is 0 Å². The molecule has 5 nitrogen and oxygen atoms in total. The van der Waals surface area contributed by atoms with Crippen molar-refractivity contribution in [3.8, 4) is 0 Å². The molecule has 0 bridgehead atoms. The van der Waals surface area contributed by atoms with Gasteiger partial charge < -0.3 is 5.32 Å². The number of benzene rings is 1. The number of fused-ring (bicyclic) bond motifs is 1. The fourth-order valence-corrected chi connectivity index (χ4v) is 2.41. The molecular formula is C12H15N5. The SMILES string of the molecule is Cc1ccc2c(c1)C(NCc1nn[nH]n1)CC2. The van der Waals surface area contributed by atoms with Gasteiger partial charge in [0.25, 0.3) is 0 Å². The average molecular weight is 229 g/mol. The van der Waals surface area contributed by atoms with Crippen molar-refractivity contribution in [3.05, 3.63) is 40.7 Å². The van der Waals surface area contributed by atoms with E-state index in [4.69, 9.17) is 0 Å². The molecule has 2 aromatic rings. The summed E-state index contributed by atoms with van der Waals surface area (Å²) in [5, 5.41) is 17.4. The predicted molar refractivity (Wildman–Crippen MR) is 63.3 cm³/mol. The molecule has 17 heavy (non-hydrogen) atoms. The van der Waals surface area contributed by atoms with E-state index in [0.29, 0.717) is 18.4 Å². The van der Waals surface area contributed by atoms with Crippen molar-refractivity contribution < 1.29 is 0 Å². The topological polar surface area (TPSA) is 66.5 Å². The van der Waals surface area contributed by atoms with Crippen LogP contribution >= 0.6 is 0 Å². The van der Waals surface area contributed by atoms with Gasteiger partial charge in [0, 0.05) is 6.04 Å². The number of nitrogens with one attached hydrogen (secondary N) is 2. The minimum Gasteiger partial charge on any atom is -0.303 e. The number of hydrogen-bond acceptors (Lipinski definition) is 4. The first-order valence-corrected chi connectivity index (χ1v) is 5.88. The van der Waals surface area contributed by atoms with Crippen molar-refractivity contribution in [1.82, 2.24) is 25.9 Å². The molecule has 1 heterocycles. The molecule has 1 aliphatic carbocycles. The molecule has 0 amide bonds. The lowest BCUT2D eigenvalue weighted by Gasteiger charge is -2.12. The second-order valence-corrected chi connectivity index (χ2v) is 4.50. The van der Waals surface area contributed by atoms with E-state index in [1.165, 1.54) is 16.7 Å². The second kappa shape index (κ2) is 4.25. The first-order valence-electron chi connectivity index (χ1n) is 5.88. The van der Waals surface area contributed by atoms with Gasteiger partial charge in [0.05, 0.1) is 6.54 Å². The largest absolute Gasteiger partial charge is 0.303 e. The highest BCUT2D eigenvalue weighted by Crippen LogP contribution is 2.31. The molecule has 2 N–H and O–H groups in total. The van der Waals surface area contributed by atoms with Crippen LogP contribution < -0.4 is 5.32 Å². The van der Waals surface area contributed by atoms with E-state index >= 15 is 0 Å². The molecule has 1 aromatic carbocycles. The zero-order chi connectivity index (χ0) is 11.7. The standard InChI is InChI=1S/C12H15N5/c1-8-2-3-9-4-5-11(10(9)6-8)13-7-12-14-16-17-15-12/h2-3,6,11,13H,4-5,7H2,1H3,(H,14,15,16,17). The molecule has 0 saturated carbocycles. The lowest BCUT2D eigenvalue weighted by atomic mass is 10.1. The maximum absolute atomic E-state index is 3.94. The van der Waals surface area contributed by atoms with E-state index < -0.39 is 0 Å². The first-order chi connectivity index (χ1) is 8.33. The van der Waals surface area contributed by atoms with E-state index in [1.807, 2.05) is 0 Å². The molecule has 1 atom stereocenters. The number of aryl methyl sites for hydroxylation is 2. The van der Waals surface area contributed by atoms with Crippen molar-refractivity contribution in [2.45, 2.75) is 32.4 Å². The normalized spacial score (nSPS) is 18.3. The molecule has 0 fully saturated rings. The summed E-state index contributed by atoms with van der Waals surface area (Å²) < 4.78 is 0. The number of aromatic amines is 1. The van der Waals surface area contributed by atoms with Crippen LogP contribution in [0.15, 0.2) is 18.2 Å². The molecule has 0 spiro atoms. The summed E-state index contributed by atoms with van der Waals surface area (Å²) in [6.45, 7) is 2.80. The van der Waals surface area contributed by atoms with Crippen LogP contribution in [-0.4, -0.2) is 20.6 Å². The highest BCUT2D eigenvalue weighted by Gasteiger charge is 2.22. The Kier molecular flexibility index (Phi) is 2.60. The minimum absolute atomic E-state index is 0.420. The molecule has 5 heteroatoms. The first kappa shape index (κ1) is 10.4. The Morgan fingerprint density at radius 2 is 2.41 bits per heavy atom. The Labute approximate surface area is 99.6 Å². The van der Waals surface area contributed by atoms with Crippen LogP contribution in [-0.2, 0) is 13.0 Å². The Morgan fingerprint density at radius 3 is 3.24 bits per heavy atom. The summed E-state index contributed by atoms with van der Waals surface area (Å²) in [6, 6.07) is 7.11. The van der Waals surface area contributed by atoms with Crippen LogP contribution in [0.1, 0.15) is 35.0 Å². The predicted octanol–water partition coefficient (Wildman–Crippen LogP) is 1.29. The number of hydrogen-bond donors (Lipinski definition) is 2. The van der Waals surface area contributed by atoms with Crippen molar-refractivity contribution in [3.63, 3.8) is 0 Å². The summed E-state index contributed by atoms with van der Waals surface area (Å²) in [5.74, 6) is 0.714. The molecule has 3 rings (SSSR count). The highest BCUT2D eigenvalue weighted by atomic mass is 15.5. The molecular weight excluding hydrogens is 214 g/mol. The highest BCUT2D eigenvalue weighted by molar-refractivity contribution is 5.37. The second-order valence-electron chi connectivity index (χ2n) is 4.50. The van der Waals surface area contributed by atoms with Gasteiger partial charge in [-0.05, 0) is 30.9 Å². The summed E-state index contributed by atoms with van der Waals surface area (Å²) in [4.78, 5) is 0. The number of H-pyrrole nitrogens is 1. The molecule has 0 aliphatic heterocycles. The minimum atomic E-state index is 0.420. The molecule has 0 radical (unpaired) electrons. The van der Waals surface area contributed by atoms with E-state index in [1.54, 1.807) is 0 Å². The Balaban J connectivity index is 1.73. The number of rotatable bonds is 3. The van der Waals surface area contributed by atoms with Gasteiger partial charge in [0.1, 0.15) is 0 Å². The Hall–Kier alpha value is -1.75. The third-order valence-corrected chi connectivity index (χ3v) is 3.27. The fourth-order valence-electron chi connectivity index (χ4n) is 2.41. The van der Waals surface area contributed by atoms with Crippen LogP contribution in [0.4, 0.5) is 0 Å². The third kappa shape index (κ3) is 2.06. The van der Waals surface area contributed by atoms with Gasteiger partial charge in [-0.1, -0.05) is 29.0 Å². The molecule has 0 saturated heterocycles. The summed E-state index contributed by atoms with van der Waals surface area (Å²) in [5.41, 5.74) is 4.20. The molecule has 1 aromatic heterocycles. The Morgan fingerprint density at radius 1 is 1.47 bits per heavy atom. The van der Waals surface area contributed by atoms with Crippen molar-refractivity contribution in [2.24, 2.45) is 0 Å². The summed E-state index contributed by atoms with van der Waals surface area (Å²) >= 11 is 0. The van der Waals surface area contributed by atoms with Crippen molar-refractivity contribution >= 4 is 0 Å². The number of nitrogens with zero attached hydrogens (tertiary/aromatic N) is 3. The van der Waals surface area contributed by atoms with Crippen molar-refractivity contribution in [1.29, 1.82) is 0 Å². The van der Waals surface area contributed by atoms with Gasteiger partial charge in [-0.2, -0.15) is 5.21 Å². The van der Waals surface area contributed by atoms with Crippen molar-refractivity contribution in [2.75, 3.05) is 0 Å². The maximum Gasteiger partial charge on any atom is 0.188 e. The number of aromatic nitrogens is 4. The van der Waals surface area contributed by atoms with Gasteiger partial charge in [-0.3, -0.25) is 0 Å². The average Bonchev–Trinajstić information content (AvgIpc) is 2.94. The quantitative estimate of drug-likeness (QED) is 0.832. The smallest absolute Gasteiger partial charge is 0.188 e. The fraction of sp³-hybridized carbons (Fsp3) is 0.417. The van der Waals surface area contributed by atoms with Gasteiger partial charge in [-0.25, -0.2) is 0 Å². The molecule has 88 valence electrons. The van der Waals surface area contributed by atoms with Gasteiger partial charge in [0.2, 0.25) is 0 Å². The van der Waals surface area contributed by atoms with E-state index in [0.717, 1.165) is 12.8 Å². The summed E-state index contributed by atoms with van der Waals surface area (Å²) in [6.07, 6.45) is 2.30. The van der Waals surface area contributed by atoms with E-state index in [9.17, 15) is 0 Å².